The summed E-state index contributed by atoms with van der Waals surface area (Å²) < 4.78 is 4.97. The second kappa shape index (κ2) is 4.79. The Hall–Kier alpha value is -0.860. The highest BCUT2D eigenvalue weighted by Gasteiger charge is 2.53. The molecule has 0 amide bonds. The van der Waals surface area contributed by atoms with Gasteiger partial charge in [0.2, 0.25) is 0 Å². The van der Waals surface area contributed by atoms with E-state index in [0.717, 1.165) is 12.8 Å². The number of Topliss-reactive ketones (excluding diaryl/α,β-unsaturated/α-hetero) is 1. The van der Waals surface area contributed by atoms with Gasteiger partial charge in [-0.05, 0) is 24.2 Å². The van der Waals surface area contributed by atoms with Gasteiger partial charge >= 0.3 is 5.97 Å². The molecule has 98 valence electrons. The van der Waals surface area contributed by atoms with Crippen LogP contribution in [0, 0.1) is 16.7 Å². The van der Waals surface area contributed by atoms with Gasteiger partial charge in [0.15, 0.2) is 12.4 Å². The Morgan fingerprint density at radius 1 is 1.29 bits per heavy atom. The first kappa shape index (κ1) is 14.2. The van der Waals surface area contributed by atoms with Crippen LogP contribution in [0.3, 0.4) is 0 Å². The van der Waals surface area contributed by atoms with E-state index in [-0.39, 0.29) is 29.2 Å². The zero-order valence-corrected chi connectivity index (χ0v) is 11.6. The van der Waals surface area contributed by atoms with Crippen LogP contribution in [-0.4, -0.2) is 18.4 Å². The van der Waals surface area contributed by atoms with E-state index in [1.165, 1.54) is 0 Å². The smallest absolute Gasteiger partial charge is 0.305 e. The number of ketones is 1. The lowest BCUT2D eigenvalue weighted by Crippen LogP contribution is -2.42. The fourth-order valence-electron chi connectivity index (χ4n) is 2.64. The minimum Gasteiger partial charge on any atom is -0.458 e. The standard InChI is InChI=1S/C14H24O3/c1-6-12(16)17-9-11(15)14(5)8-7-10(2)13(14,3)4/h10H,6-9H2,1-5H3/t10-,14+/m0/s1. The van der Waals surface area contributed by atoms with Crippen molar-refractivity contribution < 1.29 is 14.3 Å². The molecule has 0 aromatic carbocycles. The van der Waals surface area contributed by atoms with Crippen LogP contribution in [0.25, 0.3) is 0 Å². The van der Waals surface area contributed by atoms with Gasteiger partial charge < -0.3 is 4.74 Å². The molecule has 17 heavy (non-hydrogen) atoms. The van der Waals surface area contributed by atoms with Crippen molar-refractivity contribution >= 4 is 11.8 Å². The van der Waals surface area contributed by atoms with Crippen molar-refractivity contribution in [2.75, 3.05) is 6.61 Å². The van der Waals surface area contributed by atoms with Gasteiger partial charge in [-0.25, -0.2) is 0 Å². The highest BCUT2D eigenvalue weighted by Crippen LogP contribution is 2.56. The SMILES string of the molecule is CCC(=O)OCC(=O)[C@@]1(C)CC[C@H](C)C1(C)C. The molecule has 1 rings (SSSR count). The molecule has 0 saturated heterocycles. The Morgan fingerprint density at radius 2 is 1.88 bits per heavy atom. The van der Waals surface area contributed by atoms with Crippen LogP contribution >= 0.6 is 0 Å². The Morgan fingerprint density at radius 3 is 2.29 bits per heavy atom. The normalized spacial score (nSPS) is 31.2. The molecule has 1 aliphatic rings. The van der Waals surface area contributed by atoms with Gasteiger partial charge in [0, 0.05) is 11.8 Å². The number of carbonyl (C=O) groups is 2. The summed E-state index contributed by atoms with van der Waals surface area (Å²) in [7, 11) is 0. The van der Waals surface area contributed by atoms with Crippen LogP contribution in [0.1, 0.15) is 53.9 Å². The third-order valence-corrected chi connectivity index (χ3v) is 5.00. The van der Waals surface area contributed by atoms with E-state index in [1.54, 1.807) is 6.92 Å². The van der Waals surface area contributed by atoms with Crippen LogP contribution in [0.4, 0.5) is 0 Å². The molecule has 0 aromatic rings. The first-order chi connectivity index (χ1) is 7.75. The Balaban J connectivity index is 2.71. The largest absolute Gasteiger partial charge is 0.458 e. The second-order valence-corrected chi connectivity index (χ2v) is 5.93. The summed E-state index contributed by atoms with van der Waals surface area (Å²) in [4.78, 5) is 23.4. The van der Waals surface area contributed by atoms with Gasteiger partial charge in [0.05, 0.1) is 0 Å². The summed E-state index contributed by atoms with van der Waals surface area (Å²) in [6.07, 6.45) is 2.28. The first-order valence-electron chi connectivity index (χ1n) is 6.44. The molecule has 0 unspecified atom stereocenters. The summed E-state index contributed by atoms with van der Waals surface area (Å²) in [5.74, 6) is 0.290. The van der Waals surface area contributed by atoms with Crippen molar-refractivity contribution in [2.45, 2.75) is 53.9 Å². The summed E-state index contributed by atoms with van der Waals surface area (Å²) in [5.41, 5.74) is -0.386. The van der Waals surface area contributed by atoms with Crippen LogP contribution in [0.15, 0.2) is 0 Å². The maximum atomic E-state index is 12.3. The average Bonchev–Trinajstić information content (AvgIpc) is 2.50. The molecule has 0 bridgehead atoms. The Bertz CT molecular complexity index is 319. The van der Waals surface area contributed by atoms with E-state index in [4.69, 9.17) is 4.74 Å². The van der Waals surface area contributed by atoms with E-state index in [2.05, 4.69) is 20.8 Å². The van der Waals surface area contributed by atoms with Gasteiger partial charge in [-0.15, -0.1) is 0 Å². The zero-order chi connectivity index (χ0) is 13.3. The van der Waals surface area contributed by atoms with Gasteiger partial charge in [-0.1, -0.05) is 34.6 Å². The maximum Gasteiger partial charge on any atom is 0.305 e. The van der Waals surface area contributed by atoms with Crippen LogP contribution in [0.5, 0.6) is 0 Å². The molecule has 3 nitrogen and oxygen atoms in total. The monoisotopic (exact) mass is 240 g/mol. The van der Waals surface area contributed by atoms with Crippen LogP contribution < -0.4 is 0 Å². The number of esters is 1. The van der Waals surface area contributed by atoms with Crippen LogP contribution in [0.2, 0.25) is 0 Å². The zero-order valence-electron chi connectivity index (χ0n) is 11.6. The number of hydrogen-bond acceptors (Lipinski definition) is 3. The number of rotatable bonds is 4. The molecule has 1 saturated carbocycles. The third kappa shape index (κ3) is 2.38. The van der Waals surface area contributed by atoms with E-state index < -0.39 is 0 Å². The van der Waals surface area contributed by atoms with E-state index in [9.17, 15) is 9.59 Å². The number of carbonyl (C=O) groups excluding carboxylic acids is 2. The van der Waals surface area contributed by atoms with E-state index in [1.807, 2.05) is 6.92 Å². The van der Waals surface area contributed by atoms with Crippen molar-refractivity contribution in [1.82, 2.24) is 0 Å². The Labute approximate surface area is 104 Å². The summed E-state index contributed by atoms with van der Waals surface area (Å²) in [6.45, 7) is 10.2. The van der Waals surface area contributed by atoms with Crippen molar-refractivity contribution in [3.8, 4) is 0 Å². The van der Waals surface area contributed by atoms with Gasteiger partial charge in [0.1, 0.15) is 0 Å². The van der Waals surface area contributed by atoms with Crippen molar-refractivity contribution in [3.05, 3.63) is 0 Å². The molecule has 0 heterocycles. The molecule has 0 spiro atoms. The fourth-order valence-corrected chi connectivity index (χ4v) is 2.64. The predicted octanol–water partition coefficient (Wildman–Crippen LogP) is 2.97. The summed E-state index contributed by atoms with van der Waals surface area (Å²) >= 11 is 0. The molecule has 0 aliphatic heterocycles. The average molecular weight is 240 g/mol. The molecule has 0 N–H and O–H groups in total. The van der Waals surface area contributed by atoms with Crippen molar-refractivity contribution in [1.29, 1.82) is 0 Å². The lowest BCUT2D eigenvalue weighted by molar-refractivity contribution is -0.152. The highest BCUT2D eigenvalue weighted by atomic mass is 16.5. The first-order valence-corrected chi connectivity index (χ1v) is 6.44. The lowest BCUT2D eigenvalue weighted by atomic mass is 9.64. The molecule has 3 heteroatoms. The second-order valence-electron chi connectivity index (χ2n) is 5.93. The van der Waals surface area contributed by atoms with E-state index >= 15 is 0 Å². The number of ether oxygens (including phenoxy) is 1. The third-order valence-electron chi connectivity index (χ3n) is 5.00. The van der Waals surface area contributed by atoms with Crippen molar-refractivity contribution in [2.24, 2.45) is 16.7 Å². The molecular weight excluding hydrogens is 216 g/mol. The summed E-state index contributed by atoms with van der Waals surface area (Å²) in [6, 6.07) is 0. The topological polar surface area (TPSA) is 43.4 Å². The Kier molecular flexibility index (Phi) is 4.00. The van der Waals surface area contributed by atoms with Gasteiger partial charge in [-0.2, -0.15) is 0 Å². The molecule has 1 fully saturated rings. The highest BCUT2D eigenvalue weighted by molar-refractivity contribution is 5.88. The maximum absolute atomic E-state index is 12.3. The van der Waals surface area contributed by atoms with E-state index in [0.29, 0.717) is 12.3 Å². The quantitative estimate of drug-likeness (QED) is 0.709. The number of hydrogen-bond donors (Lipinski definition) is 0. The molecule has 0 radical (unpaired) electrons. The molecular formula is C14H24O3. The van der Waals surface area contributed by atoms with Gasteiger partial charge in [-0.3, -0.25) is 9.59 Å². The molecule has 1 aliphatic carbocycles. The molecule has 2 atom stereocenters. The fraction of sp³-hybridized carbons (Fsp3) is 0.857. The lowest BCUT2D eigenvalue weighted by Gasteiger charge is -2.39. The summed E-state index contributed by atoms with van der Waals surface area (Å²) in [5, 5.41) is 0. The predicted molar refractivity (Wildman–Crippen MR) is 66.5 cm³/mol. The van der Waals surface area contributed by atoms with Crippen molar-refractivity contribution in [3.63, 3.8) is 0 Å². The van der Waals surface area contributed by atoms with Crippen LogP contribution in [-0.2, 0) is 14.3 Å². The van der Waals surface area contributed by atoms with Gasteiger partial charge in [0.25, 0.3) is 0 Å². The minimum absolute atomic E-state index is 0.0251. The minimum atomic E-state index is -0.361. The molecule has 0 aromatic heterocycles.